The van der Waals surface area contributed by atoms with Crippen molar-refractivity contribution in [3.8, 4) is 0 Å². The van der Waals surface area contributed by atoms with E-state index in [1.54, 1.807) is 14.2 Å². The van der Waals surface area contributed by atoms with Crippen LogP contribution >= 0.6 is 24.0 Å². The van der Waals surface area contributed by atoms with Crippen LogP contribution in [-0.2, 0) is 19.3 Å². The summed E-state index contributed by atoms with van der Waals surface area (Å²) in [6, 6.07) is 0. The molecule has 1 fully saturated rings. The van der Waals surface area contributed by atoms with Crippen LogP contribution in [-0.4, -0.2) is 84.4 Å². The first-order chi connectivity index (χ1) is 10.5. The Morgan fingerprint density at radius 3 is 2.48 bits per heavy atom. The topological polar surface area (TPSA) is 80.2 Å². The highest BCUT2D eigenvalue weighted by Gasteiger charge is 2.21. The minimum atomic E-state index is -2.95. The predicted octanol–water partition coefficient (Wildman–Crippen LogP) is 0.742. The Balaban J connectivity index is 0.00000484. The highest BCUT2D eigenvalue weighted by Crippen LogP contribution is 2.14. The monoisotopic (exact) mass is 463 g/mol. The molecule has 0 aromatic rings. The molecule has 0 bridgehead atoms. The first-order valence-electron chi connectivity index (χ1n) is 7.70. The number of methoxy groups -OCH3 is 1. The molecule has 0 amide bonds. The van der Waals surface area contributed by atoms with Crippen LogP contribution in [0.3, 0.4) is 0 Å². The number of hydrogen-bond acceptors (Lipinski definition) is 5. The van der Waals surface area contributed by atoms with Crippen molar-refractivity contribution in [2.24, 2.45) is 4.99 Å². The second-order valence-corrected chi connectivity index (χ2v) is 7.77. The van der Waals surface area contributed by atoms with Gasteiger partial charge in [-0.3, -0.25) is 4.99 Å². The summed E-state index contributed by atoms with van der Waals surface area (Å²) >= 11 is 0. The van der Waals surface area contributed by atoms with E-state index in [0.29, 0.717) is 12.6 Å². The van der Waals surface area contributed by atoms with Gasteiger partial charge in [0.25, 0.3) is 0 Å². The zero-order chi connectivity index (χ0) is 16.4. The Morgan fingerprint density at radius 2 is 1.96 bits per heavy atom. The van der Waals surface area contributed by atoms with Gasteiger partial charge in [0.15, 0.2) is 5.96 Å². The number of nitrogens with zero attached hydrogens (tertiary/aromatic N) is 2. The van der Waals surface area contributed by atoms with Gasteiger partial charge >= 0.3 is 0 Å². The molecule has 0 spiro atoms. The molecule has 0 aromatic carbocycles. The first kappa shape index (κ1) is 22.9. The number of guanidine groups is 1. The van der Waals surface area contributed by atoms with E-state index >= 15 is 0 Å². The van der Waals surface area contributed by atoms with Gasteiger partial charge in [0.1, 0.15) is 9.84 Å². The smallest absolute Gasteiger partial charge is 0.193 e. The van der Waals surface area contributed by atoms with Crippen LogP contribution in [0.25, 0.3) is 0 Å². The highest BCUT2D eigenvalue weighted by atomic mass is 127. The summed E-state index contributed by atoms with van der Waals surface area (Å²) in [5, 5.41) is 3.11. The molecular formula is C14H30IN3O4S. The van der Waals surface area contributed by atoms with Crippen LogP contribution in [0.2, 0.25) is 0 Å². The van der Waals surface area contributed by atoms with Gasteiger partial charge < -0.3 is 19.7 Å². The summed E-state index contributed by atoms with van der Waals surface area (Å²) in [4.78, 5) is 6.37. The fourth-order valence-corrected chi connectivity index (χ4v) is 2.84. The molecule has 0 saturated carbocycles. The molecular weight excluding hydrogens is 433 g/mol. The average Bonchev–Trinajstić information content (AvgIpc) is 2.48. The predicted molar refractivity (Wildman–Crippen MR) is 104 cm³/mol. The van der Waals surface area contributed by atoms with E-state index in [0.717, 1.165) is 51.5 Å². The molecule has 138 valence electrons. The van der Waals surface area contributed by atoms with Crippen molar-refractivity contribution in [3.05, 3.63) is 0 Å². The van der Waals surface area contributed by atoms with E-state index in [9.17, 15) is 8.42 Å². The SMILES string of the molecule is CN=C(NCCS(C)(=O)=O)N1CCC(OCCCOC)CC1.I. The third-order valence-corrected chi connectivity index (χ3v) is 4.50. The summed E-state index contributed by atoms with van der Waals surface area (Å²) in [6.45, 7) is 3.59. The molecule has 1 N–H and O–H groups in total. The molecule has 1 heterocycles. The highest BCUT2D eigenvalue weighted by molar-refractivity contribution is 14.0. The Kier molecular flexibility index (Phi) is 12.2. The van der Waals surface area contributed by atoms with Crippen molar-refractivity contribution >= 4 is 39.8 Å². The number of hydrogen-bond donors (Lipinski definition) is 1. The molecule has 7 nitrogen and oxygen atoms in total. The summed E-state index contributed by atoms with van der Waals surface area (Å²) in [7, 11) is 0.465. The Labute approximate surface area is 157 Å². The normalized spacial score (nSPS) is 17.0. The van der Waals surface area contributed by atoms with Crippen molar-refractivity contribution < 1.29 is 17.9 Å². The van der Waals surface area contributed by atoms with Crippen molar-refractivity contribution in [1.82, 2.24) is 10.2 Å². The number of piperidine rings is 1. The molecule has 0 aromatic heterocycles. The zero-order valence-corrected chi connectivity index (χ0v) is 17.4. The summed E-state index contributed by atoms with van der Waals surface area (Å²) in [5.74, 6) is 0.881. The maximum absolute atomic E-state index is 11.1. The minimum absolute atomic E-state index is 0. The maximum atomic E-state index is 11.1. The van der Waals surface area contributed by atoms with Crippen molar-refractivity contribution in [2.45, 2.75) is 25.4 Å². The Hall–Kier alpha value is -0.130. The lowest BCUT2D eigenvalue weighted by molar-refractivity contribution is 0.00993. The molecule has 0 unspecified atom stereocenters. The second kappa shape index (κ2) is 12.3. The lowest BCUT2D eigenvalue weighted by atomic mass is 10.1. The van der Waals surface area contributed by atoms with Crippen LogP contribution in [0.15, 0.2) is 4.99 Å². The van der Waals surface area contributed by atoms with Gasteiger partial charge in [0.2, 0.25) is 0 Å². The van der Waals surface area contributed by atoms with E-state index < -0.39 is 9.84 Å². The molecule has 0 atom stereocenters. The van der Waals surface area contributed by atoms with Gasteiger partial charge in [-0.15, -0.1) is 24.0 Å². The molecule has 1 aliphatic rings. The summed E-state index contributed by atoms with van der Waals surface area (Å²) in [5.41, 5.74) is 0. The van der Waals surface area contributed by atoms with Gasteiger partial charge in [-0.2, -0.15) is 0 Å². The number of halogens is 1. The summed E-state index contributed by atoms with van der Waals surface area (Å²) < 4.78 is 33.1. The van der Waals surface area contributed by atoms with Gasteiger partial charge in [-0.1, -0.05) is 0 Å². The molecule has 1 saturated heterocycles. The lowest BCUT2D eigenvalue weighted by Gasteiger charge is -2.34. The standard InChI is InChI=1S/C14H29N3O4S.HI/c1-15-14(16-7-12-22(3,18)19)17-8-5-13(6-9-17)21-11-4-10-20-2;/h13H,4-12H2,1-3H3,(H,15,16);1H. The molecule has 0 aliphatic carbocycles. The third kappa shape index (κ3) is 10.4. The molecule has 23 heavy (non-hydrogen) atoms. The van der Waals surface area contributed by atoms with Crippen molar-refractivity contribution in [2.75, 3.05) is 59.0 Å². The van der Waals surface area contributed by atoms with Gasteiger partial charge in [0.05, 0.1) is 11.9 Å². The van der Waals surface area contributed by atoms with E-state index in [1.807, 2.05) is 0 Å². The number of likely N-dealkylation sites (tertiary alicyclic amines) is 1. The molecule has 0 radical (unpaired) electrons. The average molecular weight is 463 g/mol. The van der Waals surface area contributed by atoms with Gasteiger partial charge in [-0.25, -0.2) is 8.42 Å². The van der Waals surface area contributed by atoms with E-state index in [2.05, 4.69) is 15.2 Å². The zero-order valence-electron chi connectivity index (χ0n) is 14.3. The third-order valence-electron chi connectivity index (χ3n) is 3.56. The van der Waals surface area contributed by atoms with E-state index in [4.69, 9.17) is 9.47 Å². The van der Waals surface area contributed by atoms with Crippen LogP contribution in [0.4, 0.5) is 0 Å². The van der Waals surface area contributed by atoms with Crippen LogP contribution in [0, 0.1) is 0 Å². The lowest BCUT2D eigenvalue weighted by Crippen LogP contribution is -2.47. The van der Waals surface area contributed by atoms with Gasteiger partial charge in [0, 0.05) is 53.3 Å². The van der Waals surface area contributed by atoms with Crippen molar-refractivity contribution in [1.29, 1.82) is 0 Å². The fourth-order valence-electron chi connectivity index (χ4n) is 2.37. The van der Waals surface area contributed by atoms with Crippen LogP contribution in [0.1, 0.15) is 19.3 Å². The largest absolute Gasteiger partial charge is 0.385 e. The van der Waals surface area contributed by atoms with E-state index in [-0.39, 0.29) is 29.7 Å². The van der Waals surface area contributed by atoms with Crippen molar-refractivity contribution in [3.63, 3.8) is 0 Å². The Morgan fingerprint density at radius 1 is 1.30 bits per heavy atom. The first-order valence-corrected chi connectivity index (χ1v) is 9.76. The maximum Gasteiger partial charge on any atom is 0.193 e. The number of ether oxygens (including phenoxy) is 2. The van der Waals surface area contributed by atoms with Crippen LogP contribution in [0.5, 0.6) is 0 Å². The number of aliphatic imine (C=N–C) groups is 1. The Bertz CT molecular complexity index is 437. The quantitative estimate of drug-likeness (QED) is 0.248. The summed E-state index contributed by atoms with van der Waals surface area (Å²) in [6.07, 6.45) is 4.37. The van der Waals surface area contributed by atoms with Crippen LogP contribution < -0.4 is 5.32 Å². The molecule has 1 rings (SSSR count). The fraction of sp³-hybridized carbons (Fsp3) is 0.929. The minimum Gasteiger partial charge on any atom is -0.385 e. The van der Waals surface area contributed by atoms with Gasteiger partial charge in [-0.05, 0) is 19.3 Å². The second-order valence-electron chi connectivity index (χ2n) is 5.51. The van der Waals surface area contributed by atoms with E-state index in [1.165, 1.54) is 6.26 Å². The molecule has 9 heteroatoms. The number of sulfone groups is 1. The molecule has 1 aliphatic heterocycles. The number of nitrogens with one attached hydrogen (secondary N) is 1. The number of rotatable bonds is 8.